The van der Waals surface area contributed by atoms with E-state index in [-0.39, 0.29) is 21.9 Å². The summed E-state index contributed by atoms with van der Waals surface area (Å²) in [6.45, 7) is 13.9. The predicted octanol–water partition coefficient (Wildman–Crippen LogP) is 30.4. The monoisotopic (exact) mass is 1710 g/mol. The molecule has 9 heterocycles. The number of benzene rings is 14. The van der Waals surface area contributed by atoms with Gasteiger partial charge in [0.15, 0.2) is 17.5 Å². The zero-order valence-electron chi connectivity index (χ0n) is 73.2. The van der Waals surface area contributed by atoms with Crippen molar-refractivity contribution in [3.8, 4) is 67.3 Å². The average Bonchev–Trinajstić information content (AvgIpc) is 1.56. The summed E-state index contributed by atoms with van der Waals surface area (Å²) in [6.07, 6.45) is 9.23. The fourth-order valence-electron chi connectivity index (χ4n) is 21.3. The third-order valence-corrected chi connectivity index (χ3v) is 27.6. The number of fused-ring (bicyclic) bond motifs is 21. The molecule has 3 aliphatic rings. The van der Waals surface area contributed by atoms with Crippen LogP contribution in [0.15, 0.2) is 401 Å². The molecule has 0 spiro atoms. The number of hydrogen-bond acceptors (Lipinski definition) is 7. The van der Waals surface area contributed by atoms with Crippen LogP contribution in [-0.2, 0) is 16.2 Å². The lowest BCUT2D eigenvalue weighted by molar-refractivity contribution is 0.448. The van der Waals surface area contributed by atoms with E-state index >= 15 is 4.39 Å². The van der Waals surface area contributed by atoms with Gasteiger partial charge in [-0.05, 0) is 290 Å². The van der Waals surface area contributed by atoms with Gasteiger partial charge in [-0.15, -0.1) is 0 Å². The average molecular weight is 1710 g/mol. The number of aromatic nitrogens is 9. The standard InChI is InChI=1S/C44H31N3.C38H26F3N3.C36H27N5/c1-44(2)37-15-8-6-13-32(37)34-27-42-36(26-38(34)44)43-41(17-10-24-45-43)47(42)31-21-18-28(19-22-31)29-20-23-40-35(25-29)33-14-7-9-16-39(33)46(40)30-11-4-3-5-12-30;1-38(2)29-12-7-6-11-26(29)27-22-34-28(21-30(27)38)37-33(13-8-20-42-37)44(34)25-16-14-24(15-17-25)43(23-9-4-3-5-10-23)32-19-18-31(39)35(40)36(32)41;1-36(2)29-11-4-3-10-26(29)27-23-32-28(22-30(27)36)35-31(12-9-21-39-35)40(32)24-15-17-25(18-16-24)41(33-13-5-7-19-37-33)34-14-6-8-20-38-34/h3-27H,1-2H3;3-22H,1-2H3;3-23H,1-2H3. The molecule has 0 fully saturated rings. The van der Waals surface area contributed by atoms with E-state index in [1.165, 1.54) is 128 Å². The van der Waals surface area contributed by atoms with Gasteiger partial charge in [-0.3, -0.25) is 19.9 Å². The summed E-state index contributed by atoms with van der Waals surface area (Å²) in [5, 5.41) is 5.97. The van der Waals surface area contributed by atoms with Gasteiger partial charge in [0.25, 0.3) is 0 Å². The number of rotatable bonds is 11. The van der Waals surface area contributed by atoms with Crippen LogP contribution in [0.2, 0.25) is 0 Å². The van der Waals surface area contributed by atoms with E-state index in [1.807, 2.05) is 128 Å². The Hall–Kier alpha value is -16.6. The molecule has 0 saturated heterocycles. The second kappa shape index (κ2) is 30.6. The van der Waals surface area contributed by atoms with Crippen LogP contribution in [0, 0.1) is 17.5 Å². The summed E-state index contributed by atoms with van der Waals surface area (Å²) < 4.78 is 52.7. The van der Waals surface area contributed by atoms with Crippen molar-refractivity contribution < 1.29 is 13.2 Å². The van der Waals surface area contributed by atoms with Crippen LogP contribution in [0.4, 0.5) is 47.6 Å². The van der Waals surface area contributed by atoms with Crippen LogP contribution in [0.25, 0.3) is 155 Å². The van der Waals surface area contributed by atoms with Crippen LogP contribution in [0.5, 0.6) is 0 Å². The van der Waals surface area contributed by atoms with E-state index in [4.69, 9.17) is 15.0 Å². The van der Waals surface area contributed by atoms with Crippen LogP contribution in [0.3, 0.4) is 0 Å². The highest BCUT2D eigenvalue weighted by Gasteiger charge is 2.40. The quantitative estimate of drug-likeness (QED) is 0.119. The highest BCUT2D eigenvalue weighted by Crippen LogP contribution is 2.55. The minimum Gasteiger partial charge on any atom is -0.309 e. The van der Waals surface area contributed by atoms with Gasteiger partial charge in [-0.1, -0.05) is 199 Å². The summed E-state index contributed by atoms with van der Waals surface area (Å²) in [6, 6.07) is 127. The van der Waals surface area contributed by atoms with E-state index in [9.17, 15) is 8.78 Å². The summed E-state index contributed by atoms with van der Waals surface area (Å²) in [5.41, 5.74) is 36.3. The smallest absolute Gasteiger partial charge is 0.196 e. The van der Waals surface area contributed by atoms with Gasteiger partial charge in [0.1, 0.15) is 11.6 Å². The lowest BCUT2D eigenvalue weighted by atomic mass is 9.82. The first-order valence-corrected chi connectivity index (χ1v) is 44.7. The Morgan fingerprint density at radius 3 is 1.04 bits per heavy atom. The molecule has 11 nitrogen and oxygen atoms in total. The molecule has 23 aromatic rings. The Morgan fingerprint density at radius 2 is 0.583 bits per heavy atom. The lowest BCUT2D eigenvalue weighted by Gasteiger charge is -2.26. The minimum absolute atomic E-state index is 0.0561. The van der Waals surface area contributed by atoms with Crippen LogP contribution >= 0.6 is 0 Å². The largest absolute Gasteiger partial charge is 0.309 e. The van der Waals surface area contributed by atoms with Crippen molar-refractivity contribution in [2.45, 2.75) is 57.8 Å². The molecule has 3 aliphatic carbocycles. The molecule has 0 bridgehead atoms. The molecular formula is C118H84F3N11. The first-order chi connectivity index (χ1) is 64.5. The van der Waals surface area contributed by atoms with Crippen molar-refractivity contribution in [1.29, 1.82) is 0 Å². The van der Waals surface area contributed by atoms with Crippen molar-refractivity contribution in [2.24, 2.45) is 0 Å². The predicted molar refractivity (Wildman–Crippen MR) is 533 cm³/mol. The normalized spacial score (nSPS) is 13.4. The van der Waals surface area contributed by atoms with E-state index < -0.39 is 17.5 Å². The zero-order valence-corrected chi connectivity index (χ0v) is 73.2. The first-order valence-electron chi connectivity index (χ1n) is 44.7. The molecule has 14 heteroatoms. The van der Waals surface area contributed by atoms with Gasteiger partial charge >= 0.3 is 0 Å². The van der Waals surface area contributed by atoms with Crippen LogP contribution < -0.4 is 9.80 Å². The second-order valence-electron chi connectivity index (χ2n) is 36.0. The molecule has 132 heavy (non-hydrogen) atoms. The lowest BCUT2D eigenvalue weighted by Crippen LogP contribution is -2.14. The number of halogens is 3. The minimum atomic E-state index is -1.50. The van der Waals surface area contributed by atoms with Gasteiger partial charge in [0, 0.05) is 114 Å². The van der Waals surface area contributed by atoms with E-state index in [2.05, 4.69) is 323 Å². The number of nitrogens with zero attached hydrogens (tertiary/aromatic N) is 11. The fraction of sp³-hybridized carbons (Fsp3) is 0.0763. The summed E-state index contributed by atoms with van der Waals surface area (Å²) >= 11 is 0. The van der Waals surface area contributed by atoms with Crippen molar-refractivity contribution in [2.75, 3.05) is 9.80 Å². The van der Waals surface area contributed by atoms with E-state index in [1.54, 1.807) is 17.0 Å². The number of hydrogen-bond donors (Lipinski definition) is 0. The molecule has 9 aromatic heterocycles. The molecule has 0 atom stereocenters. The highest BCUT2D eigenvalue weighted by atomic mass is 19.2. The molecule has 632 valence electrons. The van der Waals surface area contributed by atoms with Crippen LogP contribution in [-0.4, -0.2) is 43.2 Å². The molecule has 0 unspecified atom stereocenters. The molecule has 0 radical (unpaired) electrons. The SMILES string of the molecule is CC1(C)c2ccccc2-c2cc3c(cc21)c1ncccc1n3-c1ccc(-c2ccc3c(c2)c2ccccc2n3-c2ccccc2)cc1.CC1(C)c2ccccc2-c2cc3c(cc21)c1ncccc1n3-c1ccc(N(c2ccccc2)c2ccc(F)c(F)c2F)cc1.CC1(C)c2ccccc2-c2cc3c(cc21)c1ncccc1n3-c1ccc(N(c2ccccn2)c2ccccn2)cc1. The maximum absolute atomic E-state index is 15.1. The molecule has 14 aromatic carbocycles. The number of anilines is 6. The van der Waals surface area contributed by atoms with Gasteiger partial charge in [0.2, 0.25) is 0 Å². The van der Waals surface area contributed by atoms with Gasteiger partial charge in [-0.25, -0.2) is 23.1 Å². The molecular weight excluding hydrogens is 1630 g/mol. The topological polar surface area (TPSA) is 90.7 Å². The van der Waals surface area contributed by atoms with Gasteiger partial charge in [-0.2, -0.15) is 0 Å². The summed E-state index contributed by atoms with van der Waals surface area (Å²) in [4.78, 5) is 27.4. The molecule has 26 rings (SSSR count). The van der Waals surface area contributed by atoms with Gasteiger partial charge in [0.05, 0.1) is 66.4 Å². The van der Waals surface area contributed by atoms with Crippen molar-refractivity contribution in [3.05, 3.63) is 452 Å². The van der Waals surface area contributed by atoms with Crippen molar-refractivity contribution >= 4 is 122 Å². The van der Waals surface area contributed by atoms with Crippen LogP contribution in [0.1, 0.15) is 74.9 Å². The van der Waals surface area contributed by atoms with Crippen molar-refractivity contribution in [1.82, 2.24) is 43.2 Å². The highest BCUT2D eigenvalue weighted by molar-refractivity contribution is 6.14. The van der Waals surface area contributed by atoms with E-state index in [0.29, 0.717) is 11.4 Å². The fourth-order valence-corrected chi connectivity index (χ4v) is 21.3. The maximum Gasteiger partial charge on any atom is 0.196 e. The number of pyridine rings is 5. The molecule has 0 saturated carbocycles. The second-order valence-corrected chi connectivity index (χ2v) is 36.0. The number of para-hydroxylation sites is 3. The molecule has 0 aliphatic heterocycles. The Labute approximate surface area is 760 Å². The van der Waals surface area contributed by atoms with E-state index in [0.717, 1.165) is 90.0 Å². The Kier molecular flexibility index (Phi) is 18.3. The van der Waals surface area contributed by atoms with Gasteiger partial charge < -0.3 is 23.2 Å². The van der Waals surface area contributed by atoms with Crippen molar-refractivity contribution in [3.63, 3.8) is 0 Å². The summed E-state index contributed by atoms with van der Waals surface area (Å²) in [5.74, 6) is -2.35. The first kappa shape index (κ1) is 78.9. The zero-order chi connectivity index (χ0) is 89.0. The Morgan fingerprint density at radius 1 is 0.227 bits per heavy atom. The Bertz CT molecular complexity index is 8530. The third kappa shape index (κ3) is 12.4. The molecule has 0 amide bonds. The third-order valence-electron chi connectivity index (χ3n) is 27.6. The summed E-state index contributed by atoms with van der Waals surface area (Å²) in [7, 11) is 0. The maximum atomic E-state index is 15.1. The molecule has 0 N–H and O–H groups in total. The Balaban J connectivity index is 0.000000109.